The number of ether oxygens (including phenoxy) is 1. The molecule has 0 aliphatic carbocycles. The zero-order valence-corrected chi connectivity index (χ0v) is 11.5. The number of methoxy groups -OCH3 is 1. The maximum Gasteiger partial charge on any atom is 0.119 e. The summed E-state index contributed by atoms with van der Waals surface area (Å²) in [5, 5.41) is 8.67. The second kappa shape index (κ2) is 7.13. The van der Waals surface area contributed by atoms with Crippen LogP contribution in [0.15, 0.2) is 24.3 Å². The highest BCUT2D eigenvalue weighted by Crippen LogP contribution is 2.13. The number of piperazine rings is 1. The fraction of sp³-hybridized carbons (Fsp3) is 0.533. The van der Waals surface area contributed by atoms with E-state index in [0.29, 0.717) is 6.54 Å². The lowest BCUT2D eigenvalue weighted by Gasteiger charge is -2.33. The Labute approximate surface area is 115 Å². The highest BCUT2D eigenvalue weighted by Gasteiger charge is 2.15. The Kier molecular flexibility index (Phi) is 5.20. The number of benzene rings is 1. The third-order valence-corrected chi connectivity index (χ3v) is 3.61. The van der Waals surface area contributed by atoms with Crippen LogP contribution in [0.4, 0.5) is 0 Å². The van der Waals surface area contributed by atoms with Crippen LogP contribution >= 0.6 is 0 Å². The SMILES string of the molecule is COc1cccc(CCN2CCN(CC#N)CC2)c1. The van der Waals surface area contributed by atoms with Crippen LogP contribution < -0.4 is 4.74 Å². The Morgan fingerprint density at radius 1 is 1.21 bits per heavy atom. The molecule has 1 saturated heterocycles. The zero-order valence-electron chi connectivity index (χ0n) is 11.5. The minimum atomic E-state index is 0.559. The van der Waals surface area contributed by atoms with Crippen molar-refractivity contribution in [2.45, 2.75) is 6.42 Å². The van der Waals surface area contributed by atoms with Crippen LogP contribution in [0.3, 0.4) is 0 Å². The Morgan fingerprint density at radius 2 is 1.95 bits per heavy atom. The standard InChI is InChI=1S/C15H21N3O/c1-19-15-4-2-3-14(13-15)5-7-17-9-11-18(8-6-16)12-10-17/h2-4,13H,5,7-12H2,1H3. The number of hydrogen-bond acceptors (Lipinski definition) is 4. The molecule has 0 aromatic heterocycles. The minimum Gasteiger partial charge on any atom is -0.497 e. The lowest BCUT2D eigenvalue weighted by atomic mass is 10.1. The van der Waals surface area contributed by atoms with Crippen molar-refractivity contribution in [3.63, 3.8) is 0 Å². The normalized spacial score (nSPS) is 17.1. The summed E-state index contributed by atoms with van der Waals surface area (Å²) in [4.78, 5) is 4.68. The third kappa shape index (κ3) is 4.23. The minimum absolute atomic E-state index is 0.559. The van der Waals surface area contributed by atoms with Crippen LogP contribution in [0.1, 0.15) is 5.56 Å². The zero-order chi connectivity index (χ0) is 13.5. The van der Waals surface area contributed by atoms with Gasteiger partial charge < -0.3 is 9.64 Å². The van der Waals surface area contributed by atoms with Gasteiger partial charge in [-0.2, -0.15) is 5.26 Å². The van der Waals surface area contributed by atoms with Crippen molar-refractivity contribution in [1.82, 2.24) is 9.80 Å². The summed E-state index contributed by atoms with van der Waals surface area (Å²) >= 11 is 0. The van der Waals surface area contributed by atoms with Crippen molar-refractivity contribution < 1.29 is 4.74 Å². The first-order chi connectivity index (χ1) is 9.31. The average Bonchev–Trinajstić information content (AvgIpc) is 2.47. The van der Waals surface area contributed by atoms with E-state index in [4.69, 9.17) is 10.00 Å². The van der Waals surface area contributed by atoms with E-state index in [9.17, 15) is 0 Å². The molecule has 2 rings (SSSR count). The Hall–Kier alpha value is -1.57. The van der Waals surface area contributed by atoms with Gasteiger partial charge in [0.05, 0.1) is 19.7 Å². The summed E-state index contributed by atoms with van der Waals surface area (Å²) < 4.78 is 5.24. The maximum absolute atomic E-state index is 8.67. The summed E-state index contributed by atoms with van der Waals surface area (Å²) in [6, 6.07) is 10.5. The van der Waals surface area contributed by atoms with Crippen LogP contribution in [-0.2, 0) is 6.42 Å². The van der Waals surface area contributed by atoms with E-state index in [2.05, 4.69) is 28.0 Å². The first-order valence-electron chi connectivity index (χ1n) is 6.76. The highest BCUT2D eigenvalue weighted by molar-refractivity contribution is 5.28. The van der Waals surface area contributed by atoms with Gasteiger partial charge in [0.15, 0.2) is 0 Å². The number of nitriles is 1. The van der Waals surface area contributed by atoms with E-state index < -0.39 is 0 Å². The van der Waals surface area contributed by atoms with Crippen LogP contribution in [0.2, 0.25) is 0 Å². The molecule has 0 atom stereocenters. The number of nitrogens with zero attached hydrogens (tertiary/aromatic N) is 3. The monoisotopic (exact) mass is 259 g/mol. The van der Waals surface area contributed by atoms with Gasteiger partial charge in [0.2, 0.25) is 0 Å². The van der Waals surface area contributed by atoms with E-state index in [1.54, 1.807) is 7.11 Å². The highest BCUT2D eigenvalue weighted by atomic mass is 16.5. The van der Waals surface area contributed by atoms with E-state index in [-0.39, 0.29) is 0 Å². The van der Waals surface area contributed by atoms with Crippen LogP contribution in [0, 0.1) is 11.3 Å². The van der Waals surface area contributed by atoms with Crippen molar-refractivity contribution in [3.8, 4) is 11.8 Å². The summed E-state index contributed by atoms with van der Waals surface area (Å²) in [5.74, 6) is 0.927. The average molecular weight is 259 g/mol. The van der Waals surface area contributed by atoms with Crippen molar-refractivity contribution in [2.24, 2.45) is 0 Å². The Bertz CT molecular complexity index is 433. The molecule has 0 N–H and O–H groups in total. The molecule has 4 nitrogen and oxygen atoms in total. The summed E-state index contributed by atoms with van der Waals surface area (Å²) in [6.45, 7) is 5.77. The van der Waals surface area contributed by atoms with Gasteiger partial charge in [-0.15, -0.1) is 0 Å². The van der Waals surface area contributed by atoms with E-state index >= 15 is 0 Å². The van der Waals surface area contributed by atoms with Crippen molar-refractivity contribution in [3.05, 3.63) is 29.8 Å². The summed E-state index contributed by atoms with van der Waals surface area (Å²) in [5.41, 5.74) is 1.32. The van der Waals surface area contributed by atoms with Gasteiger partial charge in [-0.1, -0.05) is 12.1 Å². The predicted octanol–water partition coefficient (Wildman–Crippen LogP) is 1.38. The second-order valence-corrected chi connectivity index (χ2v) is 4.88. The third-order valence-electron chi connectivity index (χ3n) is 3.61. The molecule has 1 aliphatic rings. The molecule has 19 heavy (non-hydrogen) atoms. The molecule has 0 unspecified atom stereocenters. The summed E-state index contributed by atoms with van der Waals surface area (Å²) in [6.07, 6.45) is 1.05. The fourth-order valence-electron chi connectivity index (χ4n) is 2.39. The van der Waals surface area contributed by atoms with Gasteiger partial charge in [-0.05, 0) is 24.1 Å². The number of hydrogen-bond donors (Lipinski definition) is 0. The van der Waals surface area contributed by atoms with E-state index in [1.165, 1.54) is 5.56 Å². The van der Waals surface area contributed by atoms with Crippen molar-refractivity contribution >= 4 is 0 Å². The maximum atomic E-state index is 8.67. The van der Waals surface area contributed by atoms with Crippen molar-refractivity contribution in [2.75, 3.05) is 46.4 Å². The van der Waals surface area contributed by atoms with Gasteiger partial charge in [0.25, 0.3) is 0 Å². The molecule has 0 spiro atoms. The largest absolute Gasteiger partial charge is 0.497 e. The molecule has 1 aromatic carbocycles. The lowest BCUT2D eigenvalue weighted by molar-refractivity contribution is 0.145. The Balaban J connectivity index is 1.76. The first kappa shape index (κ1) is 13.9. The molecule has 102 valence electrons. The van der Waals surface area contributed by atoms with E-state index in [0.717, 1.165) is 44.9 Å². The lowest BCUT2D eigenvalue weighted by Crippen LogP contribution is -2.46. The van der Waals surface area contributed by atoms with Crippen LogP contribution in [-0.4, -0.2) is 56.2 Å². The van der Waals surface area contributed by atoms with Gasteiger partial charge in [0.1, 0.15) is 5.75 Å². The van der Waals surface area contributed by atoms with Crippen molar-refractivity contribution in [1.29, 1.82) is 5.26 Å². The molecular formula is C15H21N3O. The molecule has 1 aliphatic heterocycles. The molecule has 4 heteroatoms. The molecule has 1 heterocycles. The topological polar surface area (TPSA) is 39.5 Å². The van der Waals surface area contributed by atoms with Gasteiger partial charge in [-0.3, -0.25) is 4.90 Å². The predicted molar refractivity (Wildman–Crippen MR) is 75.2 cm³/mol. The molecule has 0 saturated carbocycles. The molecule has 1 aromatic rings. The number of rotatable bonds is 5. The quantitative estimate of drug-likeness (QED) is 0.749. The first-order valence-corrected chi connectivity index (χ1v) is 6.76. The Morgan fingerprint density at radius 3 is 2.63 bits per heavy atom. The second-order valence-electron chi connectivity index (χ2n) is 4.88. The van der Waals surface area contributed by atoms with Crippen LogP contribution in [0.25, 0.3) is 0 Å². The van der Waals surface area contributed by atoms with E-state index in [1.807, 2.05) is 12.1 Å². The summed E-state index contributed by atoms with van der Waals surface area (Å²) in [7, 11) is 1.70. The molecular weight excluding hydrogens is 238 g/mol. The van der Waals surface area contributed by atoms with Gasteiger partial charge >= 0.3 is 0 Å². The molecule has 0 bridgehead atoms. The fourth-order valence-corrected chi connectivity index (χ4v) is 2.39. The smallest absolute Gasteiger partial charge is 0.119 e. The van der Waals surface area contributed by atoms with Gasteiger partial charge in [-0.25, -0.2) is 0 Å². The molecule has 0 radical (unpaired) electrons. The van der Waals surface area contributed by atoms with Gasteiger partial charge in [0, 0.05) is 32.7 Å². The molecule has 1 fully saturated rings. The molecule has 0 amide bonds. The van der Waals surface area contributed by atoms with Crippen LogP contribution in [0.5, 0.6) is 5.75 Å².